The Morgan fingerprint density at radius 2 is 1.86 bits per heavy atom. The molecule has 118 valence electrons. The number of rotatable bonds is 7. The van der Waals surface area contributed by atoms with E-state index in [9.17, 15) is 18.3 Å². The van der Waals surface area contributed by atoms with Crippen LogP contribution >= 0.6 is 0 Å². The van der Waals surface area contributed by atoms with Crippen LogP contribution in [0.5, 0.6) is 0 Å². The normalized spacial score (nSPS) is 13.1. The predicted octanol–water partition coefficient (Wildman–Crippen LogP) is 2.16. The Morgan fingerprint density at radius 3 is 2.55 bits per heavy atom. The van der Waals surface area contributed by atoms with Gasteiger partial charge in [-0.3, -0.25) is 4.79 Å². The van der Waals surface area contributed by atoms with Crippen LogP contribution in [-0.2, 0) is 21.2 Å². The van der Waals surface area contributed by atoms with Gasteiger partial charge in [0.2, 0.25) is 10.0 Å². The molecular weight excluding hydrogens is 302 g/mol. The number of sulfonamides is 1. The molecule has 0 bridgehead atoms. The number of carboxylic acid groups (broad SMARTS) is 1. The second-order valence-corrected chi connectivity index (χ2v) is 7.04. The highest BCUT2D eigenvalue weighted by atomic mass is 32.2. The molecule has 0 aliphatic carbocycles. The summed E-state index contributed by atoms with van der Waals surface area (Å²) in [5.74, 6) is -1.25. The van der Waals surface area contributed by atoms with Gasteiger partial charge in [0.15, 0.2) is 0 Å². The summed E-state index contributed by atoms with van der Waals surface area (Å²) in [4.78, 5) is 11.4. The molecular formula is C16H19NO4S. The van der Waals surface area contributed by atoms with Crippen molar-refractivity contribution in [1.82, 2.24) is 4.72 Å². The van der Waals surface area contributed by atoms with Crippen molar-refractivity contribution in [2.24, 2.45) is 0 Å². The fraction of sp³-hybridized carbons (Fsp3) is 0.312. The maximum atomic E-state index is 11.8. The molecule has 2 N–H and O–H groups in total. The molecule has 5 nitrogen and oxygen atoms in total. The Kier molecular flexibility index (Phi) is 5.15. The van der Waals surface area contributed by atoms with Crippen molar-refractivity contribution in [3.63, 3.8) is 0 Å². The van der Waals surface area contributed by atoms with Crippen molar-refractivity contribution in [3.05, 3.63) is 48.0 Å². The van der Waals surface area contributed by atoms with E-state index >= 15 is 0 Å². The highest BCUT2D eigenvalue weighted by Gasteiger charge is 2.24. The highest BCUT2D eigenvalue weighted by molar-refractivity contribution is 7.89. The van der Waals surface area contributed by atoms with Gasteiger partial charge in [0.1, 0.15) is 6.04 Å². The van der Waals surface area contributed by atoms with E-state index < -0.39 is 22.0 Å². The summed E-state index contributed by atoms with van der Waals surface area (Å²) in [6, 6.07) is 12.1. The van der Waals surface area contributed by atoms with Crippen LogP contribution in [0.2, 0.25) is 0 Å². The van der Waals surface area contributed by atoms with E-state index in [1.807, 2.05) is 42.5 Å². The summed E-state index contributed by atoms with van der Waals surface area (Å²) in [5, 5.41) is 11.2. The summed E-state index contributed by atoms with van der Waals surface area (Å²) in [6.07, 6.45) is 0.551. The summed E-state index contributed by atoms with van der Waals surface area (Å²) in [5.41, 5.74) is 0.810. The van der Waals surface area contributed by atoms with Gasteiger partial charge in [-0.15, -0.1) is 0 Å². The molecule has 1 unspecified atom stereocenters. The van der Waals surface area contributed by atoms with E-state index in [0.29, 0.717) is 6.42 Å². The third kappa shape index (κ3) is 4.05. The number of carboxylic acids is 1. The van der Waals surface area contributed by atoms with Gasteiger partial charge in [-0.1, -0.05) is 49.4 Å². The molecule has 0 saturated heterocycles. The van der Waals surface area contributed by atoms with Crippen LogP contribution in [0.15, 0.2) is 42.5 Å². The van der Waals surface area contributed by atoms with E-state index in [0.717, 1.165) is 16.3 Å². The molecule has 0 heterocycles. The first-order valence-electron chi connectivity index (χ1n) is 7.12. The largest absolute Gasteiger partial charge is 0.480 e. The second kappa shape index (κ2) is 6.89. The van der Waals surface area contributed by atoms with Crippen molar-refractivity contribution in [2.75, 3.05) is 5.75 Å². The zero-order valence-electron chi connectivity index (χ0n) is 12.3. The molecule has 0 amide bonds. The van der Waals surface area contributed by atoms with Gasteiger partial charge in [-0.2, -0.15) is 0 Å². The first-order valence-corrected chi connectivity index (χ1v) is 8.77. The van der Waals surface area contributed by atoms with Crippen molar-refractivity contribution in [3.8, 4) is 0 Å². The van der Waals surface area contributed by atoms with Crippen LogP contribution in [0.25, 0.3) is 10.8 Å². The quantitative estimate of drug-likeness (QED) is 0.818. The third-order valence-corrected chi connectivity index (χ3v) is 4.99. The van der Waals surface area contributed by atoms with Gasteiger partial charge in [-0.05, 0) is 22.8 Å². The summed E-state index contributed by atoms with van der Waals surface area (Å²) >= 11 is 0. The maximum absolute atomic E-state index is 11.8. The van der Waals surface area contributed by atoms with Gasteiger partial charge in [0, 0.05) is 6.42 Å². The molecule has 22 heavy (non-hydrogen) atoms. The summed E-state index contributed by atoms with van der Waals surface area (Å²) in [7, 11) is -3.58. The molecule has 2 rings (SSSR count). The Labute approximate surface area is 130 Å². The van der Waals surface area contributed by atoms with Gasteiger partial charge < -0.3 is 5.11 Å². The Hall–Kier alpha value is -1.92. The molecule has 0 spiro atoms. The number of aliphatic carboxylic acids is 1. The van der Waals surface area contributed by atoms with Crippen LogP contribution in [0, 0.1) is 0 Å². The van der Waals surface area contributed by atoms with Crippen LogP contribution in [-0.4, -0.2) is 31.3 Å². The first kappa shape index (κ1) is 16.5. The number of hydrogen-bond acceptors (Lipinski definition) is 3. The fourth-order valence-corrected chi connectivity index (χ4v) is 3.69. The van der Waals surface area contributed by atoms with Gasteiger partial charge >= 0.3 is 5.97 Å². The maximum Gasteiger partial charge on any atom is 0.322 e. The van der Waals surface area contributed by atoms with Crippen LogP contribution < -0.4 is 4.72 Å². The van der Waals surface area contributed by atoms with Gasteiger partial charge in [0.05, 0.1) is 5.75 Å². The average molecular weight is 321 g/mol. The lowest BCUT2D eigenvalue weighted by atomic mass is 9.99. The van der Waals surface area contributed by atoms with E-state index in [1.165, 1.54) is 0 Å². The van der Waals surface area contributed by atoms with Crippen LogP contribution in [0.4, 0.5) is 0 Å². The molecule has 0 aliphatic rings. The predicted molar refractivity (Wildman–Crippen MR) is 86.3 cm³/mol. The van der Waals surface area contributed by atoms with E-state index in [1.54, 1.807) is 6.92 Å². The molecule has 0 saturated carbocycles. The molecule has 1 atom stereocenters. The SMILES string of the molecule is CCCS(=O)(=O)NC(Cc1cccc2ccccc12)C(=O)O. The Morgan fingerprint density at radius 1 is 1.18 bits per heavy atom. The minimum atomic E-state index is -3.58. The van der Waals surface area contributed by atoms with Crippen molar-refractivity contribution >= 4 is 26.8 Å². The van der Waals surface area contributed by atoms with E-state index in [2.05, 4.69) is 4.72 Å². The lowest BCUT2D eigenvalue weighted by Crippen LogP contribution is -2.43. The zero-order valence-corrected chi connectivity index (χ0v) is 13.1. The van der Waals surface area contributed by atoms with Crippen LogP contribution in [0.3, 0.4) is 0 Å². The minimum Gasteiger partial charge on any atom is -0.480 e. The van der Waals surface area contributed by atoms with E-state index in [4.69, 9.17) is 0 Å². The zero-order chi connectivity index (χ0) is 16.2. The molecule has 2 aromatic rings. The number of fused-ring (bicyclic) bond motifs is 1. The van der Waals surface area contributed by atoms with Crippen molar-refractivity contribution < 1.29 is 18.3 Å². The lowest BCUT2D eigenvalue weighted by Gasteiger charge is -2.16. The van der Waals surface area contributed by atoms with Gasteiger partial charge in [-0.25, -0.2) is 13.1 Å². The summed E-state index contributed by atoms with van der Waals surface area (Å²) in [6.45, 7) is 1.74. The smallest absolute Gasteiger partial charge is 0.322 e. The molecule has 0 fully saturated rings. The molecule has 2 aromatic carbocycles. The Balaban J connectivity index is 2.29. The average Bonchev–Trinajstić information content (AvgIpc) is 2.46. The van der Waals surface area contributed by atoms with Crippen molar-refractivity contribution in [1.29, 1.82) is 0 Å². The Bertz CT molecular complexity index is 765. The van der Waals surface area contributed by atoms with Gasteiger partial charge in [0.25, 0.3) is 0 Å². The second-order valence-electron chi connectivity index (χ2n) is 5.17. The minimum absolute atomic E-state index is 0.0771. The number of nitrogens with one attached hydrogen (secondary N) is 1. The fourth-order valence-electron chi connectivity index (χ4n) is 2.41. The topological polar surface area (TPSA) is 83.5 Å². The first-order chi connectivity index (χ1) is 10.4. The number of benzene rings is 2. The third-order valence-electron chi connectivity index (χ3n) is 3.40. The monoisotopic (exact) mass is 321 g/mol. The van der Waals surface area contributed by atoms with Crippen LogP contribution in [0.1, 0.15) is 18.9 Å². The molecule has 6 heteroatoms. The van der Waals surface area contributed by atoms with Crippen molar-refractivity contribution in [2.45, 2.75) is 25.8 Å². The lowest BCUT2D eigenvalue weighted by molar-refractivity contribution is -0.138. The summed E-state index contributed by atoms with van der Waals surface area (Å²) < 4.78 is 25.9. The molecule has 0 aromatic heterocycles. The number of hydrogen-bond donors (Lipinski definition) is 2. The molecule has 0 radical (unpaired) electrons. The molecule has 0 aliphatic heterocycles. The van der Waals surface area contributed by atoms with E-state index in [-0.39, 0.29) is 12.2 Å². The highest BCUT2D eigenvalue weighted by Crippen LogP contribution is 2.20. The number of carbonyl (C=O) groups is 1. The standard InChI is InChI=1S/C16H19NO4S/c1-2-10-22(20,21)17-15(16(18)19)11-13-8-5-7-12-6-3-4-9-14(12)13/h3-9,15,17H,2,10-11H2,1H3,(H,18,19).